The summed E-state index contributed by atoms with van der Waals surface area (Å²) in [5.41, 5.74) is 5.51. The second kappa shape index (κ2) is 2.49. The molecule has 0 bridgehead atoms. The van der Waals surface area contributed by atoms with Crippen molar-refractivity contribution in [3.8, 4) is 0 Å². The topological polar surface area (TPSA) is 69.1 Å². The molecule has 0 amide bonds. The lowest BCUT2D eigenvalue weighted by molar-refractivity contribution is 0.539. The summed E-state index contributed by atoms with van der Waals surface area (Å²) in [6, 6.07) is 0. The predicted octanol–water partition coefficient (Wildman–Crippen LogP) is 0.688. The standard InChI is InChI=1S/C7H11N5S/c1-4-9-10-6-12(4)11-5(13-6)7(2,3)8/h8H2,1-3H3. The second-order valence-electron chi connectivity index (χ2n) is 3.57. The zero-order chi connectivity index (χ0) is 9.64. The first-order valence-corrected chi connectivity index (χ1v) is 4.78. The summed E-state index contributed by atoms with van der Waals surface area (Å²) in [7, 11) is 0. The van der Waals surface area contributed by atoms with Gasteiger partial charge in [-0.1, -0.05) is 11.3 Å². The van der Waals surface area contributed by atoms with Gasteiger partial charge in [0.25, 0.3) is 0 Å². The van der Waals surface area contributed by atoms with E-state index in [1.165, 1.54) is 11.3 Å². The van der Waals surface area contributed by atoms with Crippen LogP contribution in [0.25, 0.3) is 4.96 Å². The Hall–Kier alpha value is -1.01. The van der Waals surface area contributed by atoms with E-state index >= 15 is 0 Å². The fourth-order valence-electron chi connectivity index (χ4n) is 0.975. The van der Waals surface area contributed by atoms with Crippen LogP contribution in [0.2, 0.25) is 0 Å². The van der Waals surface area contributed by atoms with Crippen molar-refractivity contribution >= 4 is 16.3 Å². The lowest BCUT2D eigenvalue weighted by Crippen LogP contribution is -2.28. The SMILES string of the molecule is Cc1nnc2sc(C(C)(C)N)nn12. The van der Waals surface area contributed by atoms with Gasteiger partial charge in [-0.05, 0) is 20.8 Å². The highest BCUT2D eigenvalue weighted by Crippen LogP contribution is 2.22. The normalized spacial score (nSPS) is 12.6. The summed E-state index contributed by atoms with van der Waals surface area (Å²) in [5.74, 6) is 0.793. The number of nitrogens with two attached hydrogens (primary N) is 1. The fraction of sp³-hybridized carbons (Fsp3) is 0.571. The number of hydrogen-bond acceptors (Lipinski definition) is 5. The zero-order valence-electron chi connectivity index (χ0n) is 7.77. The van der Waals surface area contributed by atoms with E-state index in [1.807, 2.05) is 20.8 Å². The monoisotopic (exact) mass is 197 g/mol. The minimum absolute atomic E-state index is 0.405. The summed E-state index contributed by atoms with van der Waals surface area (Å²) in [6.07, 6.45) is 0. The van der Waals surface area contributed by atoms with Gasteiger partial charge in [-0.2, -0.15) is 9.61 Å². The number of hydrogen-bond donors (Lipinski definition) is 1. The number of aromatic nitrogens is 4. The molecule has 0 saturated carbocycles. The Labute approximate surface area is 79.6 Å². The average molecular weight is 197 g/mol. The van der Waals surface area contributed by atoms with Gasteiger partial charge in [0, 0.05) is 0 Å². The van der Waals surface area contributed by atoms with Crippen LogP contribution in [-0.2, 0) is 5.54 Å². The van der Waals surface area contributed by atoms with Gasteiger partial charge in [0.05, 0.1) is 5.54 Å². The molecule has 0 aromatic carbocycles. The van der Waals surface area contributed by atoms with E-state index < -0.39 is 5.54 Å². The average Bonchev–Trinajstić information content (AvgIpc) is 2.51. The number of rotatable bonds is 1. The van der Waals surface area contributed by atoms with E-state index in [-0.39, 0.29) is 0 Å². The minimum atomic E-state index is -0.405. The van der Waals surface area contributed by atoms with Crippen molar-refractivity contribution in [1.82, 2.24) is 19.8 Å². The van der Waals surface area contributed by atoms with E-state index in [9.17, 15) is 0 Å². The van der Waals surface area contributed by atoms with Gasteiger partial charge in [-0.3, -0.25) is 0 Å². The van der Waals surface area contributed by atoms with Crippen LogP contribution >= 0.6 is 11.3 Å². The Morgan fingerprint density at radius 2 is 2.08 bits per heavy atom. The first kappa shape index (κ1) is 8.58. The van der Waals surface area contributed by atoms with Crippen LogP contribution in [0.15, 0.2) is 0 Å². The molecular weight excluding hydrogens is 186 g/mol. The zero-order valence-corrected chi connectivity index (χ0v) is 8.59. The number of nitrogens with zero attached hydrogens (tertiary/aromatic N) is 4. The molecule has 13 heavy (non-hydrogen) atoms. The van der Waals surface area contributed by atoms with Crippen molar-refractivity contribution in [3.63, 3.8) is 0 Å². The lowest BCUT2D eigenvalue weighted by Gasteiger charge is -2.12. The molecule has 0 fully saturated rings. The molecule has 0 unspecified atom stereocenters. The van der Waals surface area contributed by atoms with E-state index in [2.05, 4.69) is 15.3 Å². The summed E-state index contributed by atoms with van der Waals surface area (Å²) in [5, 5.41) is 13.1. The van der Waals surface area contributed by atoms with Crippen LogP contribution in [-0.4, -0.2) is 19.8 Å². The van der Waals surface area contributed by atoms with E-state index in [0.29, 0.717) is 0 Å². The molecule has 0 spiro atoms. The van der Waals surface area contributed by atoms with E-state index in [0.717, 1.165) is 15.8 Å². The Morgan fingerprint density at radius 1 is 1.38 bits per heavy atom. The quantitative estimate of drug-likeness (QED) is 0.730. The van der Waals surface area contributed by atoms with E-state index in [4.69, 9.17) is 5.73 Å². The molecule has 2 heterocycles. The molecule has 2 aromatic rings. The Kier molecular flexibility index (Phi) is 1.64. The van der Waals surface area contributed by atoms with Crippen LogP contribution in [0.1, 0.15) is 24.7 Å². The third-order valence-corrected chi connectivity index (χ3v) is 2.94. The van der Waals surface area contributed by atoms with Gasteiger partial charge < -0.3 is 5.73 Å². The summed E-state index contributed by atoms with van der Waals surface area (Å²) < 4.78 is 1.72. The number of aryl methyl sites for hydroxylation is 1. The van der Waals surface area contributed by atoms with Crippen LogP contribution in [0.4, 0.5) is 0 Å². The second-order valence-corrected chi connectivity index (χ2v) is 4.53. The van der Waals surface area contributed by atoms with Gasteiger partial charge >= 0.3 is 0 Å². The predicted molar refractivity (Wildman–Crippen MR) is 50.6 cm³/mol. The highest BCUT2D eigenvalue weighted by atomic mass is 32.1. The third kappa shape index (κ3) is 1.31. The highest BCUT2D eigenvalue weighted by molar-refractivity contribution is 7.16. The summed E-state index contributed by atoms with van der Waals surface area (Å²) >= 11 is 1.48. The molecule has 0 saturated heterocycles. The van der Waals surface area contributed by atoms with Crippen LogP contribution < -0.4 is 5.73 Å². The Balaban J connectivity index is 2.63. The molecule has 0 aliphatic heterocycles. The molecule has 2 aromatic heterocycles. The van der Waals surface area contributed by atoms with E-state index in [1.54, 1.807) is 4.52 Å². The molecular formula is C7H11N5S. The van der Waals surface area contributed by atoms with Crippen LogP contribution in [0, 0.1) is 6.92 Å². The summed E-state index contributed by atoms with van der Waals surface area (Å²) in [6.45, 7) is 5.72. The van der Waals surface area contributed by atoms with Crippen molar-refractivity contribution in [2.45, 2.75) is 26.3 Å². The minimum Gasteiger partial charge on any atom is -0.320 e. The smallest absolute Gasteiger partial charge is 0.234 e. The van der Waals surface area contributed by atoms with Crippen molar-refractivity contribution < 1.29 is 0 Å². The largest absolute Gasteiger partial charge is 0.320 e. The molecule has 0 atom stereocenters. The Bertz CT molecular complexity index is 435. The first-order chi connectivity index (χ1) is 5.98. The molecule has 0 aliphatic carbocycles. The van der Waals surface area contributed by atoms with Gasteiger partial charge in [0.1, 0.15) is 5.01 Å². The van der Waals surface area contributed by atoms with Gasteiger partial charge in [0.2, 0.25) is 4.96 Å². The highest BCUT2D eigenvalue weighted by Gasteiger charge is 2.20. The summed E-state index contributed by atoms with van der Waals surface area (Å²) in [4.78, 5) is 0.797. The maximum atomic E-state index is 5.92. The lowest BCUT2D eigenvalue weighted by atomic mass is 10.1. The molecule has 6 heteroatoms. The van der Waals surface area contributed by atoms with Crippen molar-refractivity contribution in [1.29, 1.82) is 0 Å². The van der Waals surface area contributed by atoms with Crippen molar-refractivity contribution in [2.24, 2.45) is 5.73 Å². The maximum absolute atomic E-state index is 5.92. The van der Waals surface area contributed by atoms with Gasteiger partial charge in [-0.25, -0.2) is 0 Å². The first-order valence-electron chi connectivity index (χ1n) is 3.96. The fourth-order valence-corrected chi connectivity index (χ4v) is 1.87. The molecule has 0 aliphatic rings. The van der Waals surface area contributed by atoms with Crippen molar-refractivity contribution in [3.05, 3.63) is 10.8 Å². The van der Waals surface area contributed by atoms with Crippen LogP contribution in [0.3, 0.4) is 0 Å². The third-order valence-electron chi connectivity index (χ3n) is 1.70. The van der Waals surface area contributed by atoms with Crippen molar-refractivity contribution in [2.75, 3.05) is 0 Å². The van der Waals surface area contributed by atoms with Gasteiger partial charge in [0.15, 0.2) is 5.82 Å². The molecule has 70 valence electrons. The molecule has 5 nitrogen and oxygen atoms in total. The Morgan fingerprint density at radius 3 is 2.62 bits per heavy atom. The van der Waals surface area contributed by atoms with Crippen LogP contribution in [0.5, 0.6) is 0 Å². The van der Waals surface area contributed by atoms with Gasteiger partial charge in [-0.15, -0.1) is 10.2 Å². The molecule has 2 rings (SSSR count). The molecule has 2 N–H and O–H groups in total. The maximum Gasteiger partial charge on any atom is 0.234 e. The molecule has 0 radical (unpaired) electrons. The number of fused-ring (bicyclic) bond motifs is 1.